The van der Waals surface area contributed by atoms with E-state index in [1.165, 1.54) is 0 Å². The van der Waals surface area contributed by atoms with Crippen LogP contribution >= 0.6 is 15.9 Å². The Morgan fingerprint density at radius 2 is 2.17 bits per heavy atom. The molecule has 6 nitrogen and oxygen atoms in total. The Kier molecular flexibility index (Phi) is 4.14. The number of nitrogens with one attached hydrogen (secondary N) is 1. The quantitative estimate of drug-likeness (QED) is 0.819. The van der Waals surface area contributed by atoms with E-state index in [0.29, 0.717) is 13.1 Å². The molecule has 0 aromatic carbocycles. The molecule has 3 heterocycles. The van der Waals surface area contributed by atoms with Crippen LogP contribution in [0.4, 0.5) is 4.79 Å². The lowest BCUT2D eigenvalue weighted by Crippen LogP contribution is -2.39. The lowest BCUT2D eigenvalue weighted by atomic mass is 10.0. The van der Waals surface area contributed by atoms with Gasteiger partial charge in [0, 0.05) is 18.5 Å². The summed E-state index contributed by atoms with van der Waals surface area (Å²) in [6, 6.07) is 1.98. The Labute approximate surface area is 143 Å². The SMILES string of the molecule is CC(C)(C)OC(=O)N1CC=C(c2ncnc3[nH]c(Br)cc23)CC1. The molecular formula is C16H19BrN4O2. The van der Waals surface area contributed by atoms with Gasteiger partial charge in [0.05, 0.1) is 10.3 Å². The molecule has 1 aliphatic heterocycles. The van der Waals surface area contributed by atoms with Crippen LogP contribution in [-0.2, 0) is 4.74 Å². The Bertz CT molecular complexity index is 776. The maximum atomic E-state index is 12.1. The van der Waals surface area contributed by atoms with Crippen molar-refractivity contribution in [2.24, 2.45) is 0 Å². The van der Waals surface area contributed by atoms with Gasteiger partial charge in [-0.05, 0) is 54.8 Å². The van der Waals surface area contributed by atoms with Crippen molar-refractivity contribution in [3.8, 4) is 0 Å². The Morgan fingerprint density at radius 3 is 2.83 bits per heavy atom. The van der Waals surface area contributed by atoms with Crippen LogP contribution in [0, 0.1) is 0 Å². The van der Waals surface area contributed by atoms with Gasteiger partial charge in [-0.15, -0.1) is 0 Å². The average Bonchev–Trinajstić information content (AvgIpc) is 2.85. The zero-order valence-electron chi connectivity index (χ0n) is 13.4. The number of hydrogen-bond acceptors (Lipinski definition) is 4. The van der Waals surface area contributed by atoms with E-state index in [1.54, 1.807) is 11.2 Å². The predicted octanol–water partition coefficient (Wildman–Crippen LogP) is 3.74. The van der Waals surface area contributed by atoms with E-state index >= 15 is 0 Å². The van der Waals surface area contributed by atoms with Gasteiger partial charge < -0.3 is 14.6 Å². The number of ether oxygens (including phenoxy) is 1. The zero-order valence-corrected chi connectivity index (χ0v) is 15.0. The van der Waals surface area contributed by atoms with E-state index in [2.05, 4.69) is 30.9 Å². The van der Waals surface area contributed by atoms with Gasteiger partial charge in [0.2, 0.25) is 0 Å². The smallest absolute Gasteiger partial charge is 0.410 e. The van der Waals surface area contributed by atoms with Crippen molar-refractivity contribution in [3.63, 3.8) is 0 Å². The molecular weight excluding hydrogens is 360 g/mol. The molecule has 0 bridgehead atoms. The normalized spacial score (nSPS) is 15.7. The molecule has 23 heavy (non-hydrogen) atoms. The predicted molar refractivity (Wildman–Crippen MR) is 92.0 cm³/mol. The van der Waals surface area contributed by atoms with Gasteiger partial charge in [0.25, 0.3) is 0 Å². The number of aromatic nitrogens is 3. The minimum Gasteiger partial charge on any atom is -0.444 e. The second-order valence-electron chi connectivity index (χ2n) is 6.51. The van der Waals surface area contributed by atoms with Crippen LogP contribution in [0.1, 0.15) is 32.9 Å². The third-order valence-corrected chi connectivity index (χ3v) is 3.98. The van der Waals surface area contributed by atoms with Crippen molar-refractivity contribution >= 4 is 38.6 Å². The molecule has 1 N–H and O–H groups in total. The average molecular weight is 379 g/mol. The van der Waals surface area contributed by atoms with Gasteiger partial charge in [0.1, 0.15) is 17.6 Å². The van der Waals surface area contributed by atoms with Crippen molar-refractivity contribution in [2.45, 2.75) is 32.8 Å². The molecule has 0 radical (unpaired) electrons. The van der Waals surface area contributed by atoms with Crippen LogP contribution < -0.4 is 0 Å². The van der Waals surface area contributed by atoms with Gasteiger partial charge in [0.15, 0.2) is 0 Å². The summed E-state index contributed by atoms with van der Waals surface area (Å²) in [5.41, 5.74) is 2.37. The molecule has 0 saturated heterocycles. The molecule has 0 fully saturated rings. The minimum absolute atomic E-state index is 0.273. The minimum atomic E-state index is -0.475. The number of halogens is 1. The molecule has 1 amide bonds. The molecule has 2 aromatic heterocycles. The van der Waals surface area contributed by atoms with Crippen LogP contribution in [0.3, 0.4) is 0 Å². The first kappa shape index (κ1) is 16.0. The van der Waals surface area contributed by atoms with Gasteiger partial charge in [-0.2, -0.15) is 0 Å². The van der Waals surface area contributed by atoms with E-state index in [0.717, 1.165) is 33.3 Å². The van der Waals surface area contributed by atoms with Crippen molar-refractivity contribution in [3.05, 3.63) is 28.8 Å². The third kappa shape index (κ3) is 3.55. The molecule has 3 rings (SSSR count). The van der Waals surface area contributed by atoms with Gasteiger partial charge in [-0.3, -0.25) is 0 Å². The number of rotatable bonds is 1. The molecule has 0 unspecified atom stereocenters. The summed E-state index contributed by atoms with van der Waals surface area (Å²) < 4.78 is 6.29. The maximum Gasteiger partial charge on any atom is 0.410 e. The van der Waals surface area contributed by atoms with Crippen molar-refractivity contribution in [2.75, 3.05) is 13.1 Å². The van der Waals surface area contributed by atoms with Crippen LogP contribution in [0.5, 0.6) is 0 Å². The first-order valence-electron chi connectivity index (χ1n) is 7.50. The number of hydrogen-bond donors (Lipinski definition) is 1. The topological polar surface area (TPSA) is 71.1 Å². The standard InChI is InChI=1S/C16H19BrN4O2/c1-16(2,3)23-15(22)21-6-4-10(5-7-21)13-11-8-12(17)20-14(11)19-9-18-13/h4,8-9H,5-7H2,1-3H3,(H,18,19,20). The number of H-pyrrole nitrogens is 1. The van der Waals surface area contributed by atoms with Crippen LogP contribution in [0.15, 0.2) is 23.1 Å². The summed E-state index contributed by atoms with van der Waals surface area (Å²) in [5, 5.41) is 0.983. The summed E-state index contributed by atoms with van der Waals surface area (Å²) in [6.45, 7) is 6.77. The van der Waals surface area contributed by atoms with E-state index in [-0.39, 0.29) is 6.09 Å². The number of nitrogens with zero attached hydrogens (tertiary/aromatic N) is 3. The largest absolute Gasteiger partial charge is 0.444 e. The summed E-state index contributed by atoms with van der Waals surface area (Å²) in [6.07, 6.45) is 4.07. The van der Waals surface area contributed by atoms with Crippen LogP contribution in [0.25, 0.3) is 16.6 Å². The number of amides is 1. The van der Waals surface area contributed by atoms with Crippen molar-refractivity contribution < 1.29 is 9.53 Å². The molecule has 7 heteroatoms. The van der Waals surface area contributed by atoms with Crippen molar-refractivity contribution in [1.82, 2.24) is 19.9 Å². The fraction of sp³-hybridized carbons (Fsp3) is 0.438. The highest BCUT2D eigenvalue weighted by atomic mass is 79.9. The molecule has 0 spiro atoms. The van der Waals surface area contributed by atoms with Gasteiger partial charge in [-0.25, -0.2) is 14.8 Å². The molecule has 2 aromatic rings. The van der Waals surface area contributed by atoms with Gasteiger partial charge >= 0.3 is 6.09 Å². The highest BCUT2D eigenvalue weighted by molar-refractivity contribution is 9.10. The first-order valence-corrected chi connectivity index (χ1v) is 8.29. The molecule has 122 valence electrons. The molecule has 0 aliphatic carbocycles. The van der Waals surface area contributed by atoms with E-state index in [9.17, 15) is 4.79 Å². The fourth-order valence-corrected chi connectivity index (χ4v) is 2.96. The number of carbonyl (C=O) groups excluding carboxylic acids is 1. The van der Waals surface area contributed by atoms with E-state index < -0.39 is 5.60 Å². The Hall–Kier alpha value is -1.89. The second-order valence-corrected chi connectivity index (χ2v) is 7.36. The number of aromatic amines is 1. The fourth-order valence-electron chi connectivity index (χ4n) is 2.54. The highest BCUT2D eigenvalue weighted by Gasteiger charge is 2.24. The zero-order chi connectivity index (χ0) is 16.6. The highest BCUT2D eigenvalue weighted by Crippen LogP contribution is 2.28. The molecule has 1 aliphatic rings. The second kappa shape index (κ2) is 5.96. The van der Waals surface area contributed by atoms with E-state index in [4.69, 9.17) is 4.74 Å². The van der Waals surface area contributed by atoms with Crippen molar-refractivity contribution in [1.29, 1.82) is 0 Å². The lowest BCUT2D eigenvalue weighted by Gasteiger charge is -2.29. The summed E-state index contributed by atoms with van der Waals surface area (Å²) in [7, 11) is 0. The molecule has 0 saturated carbocycles. The first-order chi connectivity index (χ1) is 10.8. The van der Waals surface area contributed by atoms with Crippen LogP contribution in [-0.4, -0.2) is 44.6 Å². The molecule has 0 atom stereocenters. The Morgan fingerprint density at radius 1 is 1.39 bits per heavy atom. The summed E-state index contributed by atoms with van der Waals surface area (Å²) in [4.78, 5) is 25.6. The maximum absolute atomic E-state index is 12.1. The lowest BCUT2D eigenvalue weighted by molar-refractivity contribution is 0.0270. The number of carbonyl (C=O) groups is 1. The van der Waals surface area contributed by atoms with Gasteiger partial charge in [-0.1, -0.05) is 6.08 Å². The number of fused-ring (bicyclic) bond motifs is 1. The van der Waals surface area contributed by atoms with Crippen LogP contribution in [0.2, 0.25) is 0 Å². The Balaban J connectivity index is 1.80. The van der Waals surface area contributed by atoms with E-state index in [1.807, 2.05) is 32.9 Å². The third-order valence-electron chi connectivity index (χ3n) is 3.56. The monoisotopic (exact) mass is 378 g/mol. The summed E-state index contributed by atoms with van der Waals surface area (Å²) in [5.74, 6) is 0. The summed E-state index contributed by atoms with van der Waals surface area (Å²) >= 11 is 3.43.